The van der Waals surface area contributed by atoms with E-state index in [4.69, 9.17) is 9.47 Å². The van der Waals surface area contributed by atoms with Crippen molar-refractivity contribution in [3.8, 4) is 0 Å². The lowest BCUT2D eigenvalue weighted by molar-refractivity contribution is -0.361. The van der Waals surface area contributed by atoms with E-state index in [9.17, 15) is 0 Å². The van der Waals surface area contributed by atoms with Crippen LogP contribution in [0.25, 0.3) is 0 Å². The van der Waals surface area contributed by atoms with Crippen molar-refractivity contribution >= 4 is 0 Å². The van der Waals surface area contributed by atoms with Gasteiger partial charge in [-0.05, 0) is 36.5 Å². The van der Waals surface area contributed by atoms with Crippen LogP contribution in [0.1, 0.15) is 78.0 Å². The zero-order valence-corrected chi connectivity index (χ0v) is 15.3. The number of rotatable bonds is 1. The smallest absolute Gasteiger partial charge is 0.156 e. The van der Waals surface area contributed by atoms with Crippen LogP contribution in [0.3, 0.4) is 0 Å². The number of ether oxygens (including phenoxy) is 2. The summed E-state index contributed by atoms with van der Waals surface area (Å²) in [6.45, 7) is 17.9. The fraction of sp³-hybridized carbons (Fsp3) is 0.700. The Hall–Kier alpha value is -0.860. The number of hydrogen-bond acceptors (Lipinski definition) is 2. The average molecular weight is 302 g/mol. The van der Waals surface area contributed by atoms with Crippen molar-refractivity contribution in [3.05, 3.63) is 34.9 Å². The summed E-state index contributed by atoms with van der Waals surface area (Å²) in [4.78, 5) is 0. The molecule has 1 saturated heterocycles. The Morgan fingerprint density at radius 2 is 1.64 bits per heavy atom. The van der Waals surface area contributed by atoms with E-state index in [1.807, 2.05) is 6.92 Å². The molecule has 1 unspecified atom stereocenters. The van der Waals surface area contributed by atoms with Gasteiger partial charge in [0, 0.05) is 10.8 Å². The van der Waals surface area contributed by atoms with Crippen LogP contribution in [0.5, 0.6) is 0 Å². The summed E-state index contributed by atoms with van der Waals surface area (Å²) in [6, 6.07) is 6.95. The molecule has 0 amide bonds. The standard InChI is InChI=1S/C20H30O2/c1-12(2)15-9-10-16-17(11-15)19(7,8)20(16)18(5,6)13(3)21-14(4)22-20/h9-14H,1-8H3/t13-,14?,20+/m1/s1. The van der Waals surface area contributed by atoms with Crippen molar-refractivity contribution in [2.45, 2.75) is 84.7 Å². The van der Waals surface area contributed by atoms with Gasteiger partial charge in [-0.2, -0.15) is 0 Å². The zero-order valence-electron chi connectivity index (χ0n) is 15.3. The lowest BCUT2D eigenvalue weighted by atomic mass is 9.45. The van der Waals surface area contributed by atoms with Crippen LogP contribution in [0.15, 0.2) is 18.2 Å². The van der Waals surface area contributed by atoms with Crippen LogP contribution in [-0.4, -0.2) is 12.4 Å². The first kappa shape index (κ1) is 16.0. The SMILES string of the molecule is CC1O[C@H](C)C(C)(C)[C@@]2(O1)c1ccc(C(C)C)cc1C2(C)C. The Kier molecular flexibility index (Phi) is 3.33. The highest BCUT2D eigenvalue weighted by atomic mass is 16.7. The van der Waals surface area contributed by atoms with Gasteiger partial charge in [0.1, 0.15) is 5.60 Å². The molecule has 1 spiro atoms. The summed E-state index contributed by atoms with van der Waals surface area (Å²) < 4.78 is 12.5. The fourth-order valence-electron chi connectivity index (χ4n) is 4.74. The Bertz CT molecular complexity index is 600. The Morgan fingerprint density at radius 1 is 1.00 bits per heavy atom. The molecule has 1 aromatic rings. The van der Waals surface area contributed by atoms with E-state index >= 15 is 0 Å². The molecule has 2 aliphatic rings. The zero-order chi connectivity index (χ0) is 16.5. The minimum Gasteiger partial charge on any atom is -0.349 e. The van der Waals surface area contributed by atoms with Crippen molar-refractivity contribution in [3.63, 3.8) is 0 Å². The lowest BCUT2D eigenvalue weighted by Crippen LogP contribution is -2.70. The van der Waals surface area contributed by atoms with Crippen molar-refractivity contribution in [1.82, 2.24) is 0 Å². The molecule has 3 atom stereocenters. The van der Waals surface area contributed by atoms with Gasteiger partial charge in [-0.1, -0.05) is 59.7 Å². The lowest BCUT2D eigenvalue weighted by Gasteiger charge is -2.67. The van der Waals surface area contributed by atoms with Gasteiger partial charge in [-0.15, -0.1) is 0 Å². The molecule has 1 aliphatic carbocycles. The van der Waals surface area contributed by atoms with Crippen LogP contribution >= 0.6 is 0 Å². The van der Waals surface area contributed by atoms with E-state index in [2.05, 4.69) is 66.7 Å². The number of benzene rings is 1. The van der Waals surface area contributed by atoms with Gasteiger partial charge in [0.05, 0.1) is 6.10 Å². The molecular formula is C20H30O2. The second-order valence-electron chi connectivity index (χ2n) is 8.45. The summed E-state index contributed by atoms with van der Waals surface area (Å²) in [5, 5.41) is 0. The minimum absolute atomic E-state index is 0.0109. The third-order valence-corrected chi connectivity index (χ3v) is 6.31. The highest BCUT2D eigenvalue weighted by Gasteiger charge is 2.69. The van der Waals surface area contributed by atoms with Crippen LogP contribution in [-0.2, 0) is 20.5 Å². The molecule has 0 bridgehead atoms. The minimum atomic E-state index is -0.276. The van der Waals surface area contributed by atoms with Crippen molar-refractivity contribution in [2.75, 3.05) is 0 Å². The molecule has 2 nitrogen and oxygen atoms in total. The number of hydrogen-bond donors (Lipinski definition) is 0. The second kappa shape index (κ2) is 4.58. The van der Waals surface area contributed by atoms with Crippen LogP contribution < -0.4 is 0 Å². The van der Waals surface area contributed by atoms with E-state index in [-0.39, 0.29) is 28.8 Å². The first-order chi connectivity index (χ1) is 10.1. The highest BCUT2D eigenvalue weighted by Crippen LogP contribution is 2.67. The maximum Gasteiger partial charge on any atom is 0.156 e. The van der Waals surface area contributed by atoms with Gasteiger partial charge in [0.2, 0.25) is 0 Å². The molecule has 1 heterocycles. The Morgan fingerprint density at radius 3 is 2.23 bits per heavy atom. The van der Waals surface area contributed by atoms with E-state index in [0.29, 0.717) is 5.92 Å². The quantitative estimate of drug-likeness (QED) is 0.718. The van der Waals surface area contributed by atoms with Crippen LogP contribution in [0.4, 0.5) is 0 Å². The van der Waals surface area contributed by atoms with Crippen molar-refractivity contribution < 1.29 is 9.47 Å². The molecule has 2 heteroatoms. The predicted molar refractivity (Wildman–Crippen MR) is 90.1 cm³/mol. The van der Waals surface area contributed by atoms with Gasteiger partial charge in [-0.3, -0.25) is 0 Å². The van der Waals surface area contributed by atoms with Crippen molar-refractivity contribution in [1.29, 1.82) is 0 Å². The first-order valence-corrected chi connectivity index (χ1v) is 8.54. The van der Waals surface area contributed by atoms with E-state index in [1.165, 1.54) is 16.7 Å². The average Bonchev–Trinajstić information content (AvgIpc) is 2.42. The summed E-state index contributed by atoms with van der Waals surface area (Å²) in [5.74, 6) is 0.555. The van der Waals surface area contributed by atoms with Gasteiger partial charge in [0.25, 0.3) is 0 Å². The molecule has 1 aliphatic heterocycles. The Labute approximate surface area is 135 Å². The summed E-state index contributed by atoms with van der Waals surface area (Å²) >= 11 is 0. The summed E-state index contributed by atoms with van der Waals surface area (Å²) in [6.07, 6.45) is -0.00586. The van der Waals surface area contributed by atoms with Crippen LogP contribution in [0, 0.1) is 5.41 Å². The molecular weight excluding hydrogens is 272 g/mol. The maximum atomic E-state index is 6.52. The van der Waals surface area contributed by atoms with E-state index in [1.54, 1.807) is 0 Å². The maximum absolute atomic E-state index is 6.52. The first-order valence-electron chi connectivity index (χ1n) is 8.54. The van der Waals surface area contributed by atoms with E-state index < -0.39 is 0 Å². The molecule has 1 aromatic carbocycles. The Balaban J connectivity index is 2.19. The molecule has 0 radical (unpaired) electrons. The highest BCUT2D eigenvalue weighted by molar-refractivity contribution is 5.55. The normalized spacial score (nSPS) is 35.3. The molecule has 22 heavy (non-hydrogen) atoms. The molecule has 3 rings (SSSR count). The van der Waals surface area contributed by atoms with Crippen LogP contribution in [0.2, 0.25) is 0 Å². The van der Waals surface area contributed by atoms with Crippen molar-refractivity contribution in [2.24, 2.45) is 5.41 Å². The molecule has 0 aromatic heterocycles. The second-order valence-corrected chi connectivity index (χ2v) is 8.45. The molecule has 0 N–H and O–H groups in total. The van der Waals surface area contributed by atoms with Gasteiger partial charge in [0.15, 0.2) is 6.29 Å². The van der Waals surface area contributed by atoms with Gasteiger partial charge < -0.3 is 9.47 Å². The fourth-order valence-corrected chi connectivity index (χ4v) is 4.74. The third kappa shape index (κ3) is 1.68. The largest absolute Gasteiger partial charge is 0.349 e. The topological polar surface area (TPSA) is 18.5 Å². The predicted octanol–water partition coefficient (Wildman–Crippen LogP) is 5.10. The summed E-state index contributed by atoms with van der Waals surface area (Å²) in [7, 11) is 0. The summed E-state index contributed by atoms with van der Waals surface area (Å²) in [5.41, 5.74) is 3.84. The third-order valence-electron chi connectivity index (χ3n) is 6.31. The molecule has 1 fully saturated rings. The molecule has 0 saturated carbocycles. The van der Waals surface area contributed by atoms with Gasteiger partial charge in [-0.25, -0.2) is 0 Å². The van der Waals surface area contributed by atoms with E-state index in [0.717, 1.165) is 0 Å². The number of fused-ring (bicyclic) bond motifs is 2. The monoisotopic (exact) mass is 302 g/mol. The van der Waals surface area contributed by atoms with Gasteiger partial charge >= 0.3 is 0 Å². The molecule has 122 valence electrons.